The first kappa shape index (κ1) is 14.3. The second-order valence-corrected chi connectivity index (χ2v) is 5.23. The van der Waals surface area contributed by atoms with Crippen molar-refractivity contribution in [2.24, 2.45) is 5.92 Å². The summed E-state index contributed by atoms with van der Waals surface area (Å²) in [6.45, 7) is 6.09. The molecule has 3 nitrogen and oxygen atoms in total. The lowest BCUT2D eigenvalue weighted by molar-refractivity contribution is 0.380. The highest BCUT2D eigenvalue weighted by Gasteiger charge is 2.11. The largest absolute Gasteiger partial charge is 0.496 e. The average Bonchev–Trinajstić information content (AvgIpc) is 2.29. The van der Waals surface area contributed by atoms with Crippen LogP contribution in [-0.4, -0.2) is 20.8 Å². The number of benzene rings is 1. The predicted molar refractivity (Wildman–Crippen MR) is 73.8 cm³/mol. The van der Waals surface area contributed by atoms with Crippen LogP contribution in [-0.2, 0) is 6.54 Å². The minimum atomic E-state index is 0.627. The van der Waals surface area contributed by atoms with Crippen molar-refractivity contribution in [2.45, 2.75) is 20.4 Å². The Morgan fingerprint density at radius 2 is 1.71 bits per heavy atom. The molecule has 0 aliphatic heterocycles. The molecule has 0 radical (unpaired) electrons. The Morgan fingerprint density at radius 1 is 1.18 bits per heavy atom. The Labute approximate surface area is 112 Å². The summed E-state index contributed by atoms with van der Waals surface area (Å²) in [4.78, 5) is 0. The molecule has 0 saturated heterocycles. The Balaban J connectivity index is 2.87. The van der Waals surface area contributed by atoms with Crippen LogP contribution in [0.3, 0.4) is 0 Å². The Kier molecular flexibility index (Phi) is 5.78. The maximum Gasteiger partial charge on any atom is 0.128 e. The van der Waals surface area contributed by atoms with Gasteiger partial charge >= 0.3 is 0 Å². The molecule has 1 rings (SSSR count). The van der Waals surface area contributed by atoms with Gasteiger partial charge in [-0.25, -0.2) is 0 Å². The first-order chi connectivity index (χ1) is 8.08. The molecule has 96 valence electrons. The molecule has 1 aromatic rings. The van der Waals surface area contributed by atoms with E-state index in [4.69, 9.17) is 9.47 Å². The number of ether oxygens (including phenoxy) is 2. The molecule has 17 heavy (non-hydrogen) atoms. The smallest absolute Gasteiger partial charge is 0.128 e. The van der Waals surface area contributed by atoms with Crippen LogP contribution in [0.1, 0.15) is 19.4 Å². The number of halogens is 1. The van der Waals surface area contributed by atoms with Gasteiger partial charge in [-0.2, -0.15) is 0 Å². The zero-order chi connectivity index (χ0) is 12.8. The van der Waals surface area contributed by atoms with Crippen LogP contribution in [0.2, 0.25) is 0 Å². The van der Waals surface area contributed by atoms with Crippen LogP contribution in [0, 0.1) is 5.92 Å². The lowest BCUT2D eigenvalue weighted by Crippen LogP contribution is -2.19. The topological polar surface area (TPSA) is 30.5 Å². The molecule has 0 saturated carbocycles. The number of methoxy groups -OCH3 is 2. The minimum absolute atomic E-state index is 0.627. The van der Waals surface area contributed by atoms with Crippen LogP contribution < -0.4 is 14.8 Å². The first-order valence-electron chi connectivity index (χ1n) is 5.69. The van der Waals surface area contributed by atoms with Gasteiger partial charge in [-0.05, 0) is 24.6 Å². The molecule has 0 spiro atoms. The average molecular weight is 302 g/mol. The van der Waals surface area contributed by atoms with Crippen LogP contribution >= 0.6 is 15.9 Å². The molecule has 4 heteroatoms. The fraction of sp³-hybridized carbons (Fsp3) is 0.538. The van der Waals surface area contributed by atoms with E-state index in [1.807, 2.05) is 12.1 Å². The summed E-state index contributed by atoms with van der Waals surface area (Å²) >= 11 is 3.44. The second-order valence-electron chi connectivity index (χ2n) is 4.31. The van der Waals surface area contributed by atoms with Crippen molar-refractivity contribution in [3.05, 3.63) is 22.2 Å². The van der Waals surface area contributed by atoms with Gasteiger partial charge in [0.1, 0.15) is 11.5 Å². The molecule has 0 amide bonds. The summed E-state index contributed by atoms with van der Waals surface area (Å²) in [5.41, 5.74) is 1.05. The molecule has 0 atom stereocenters. The Morgan fingerprint density at radius 3 is 2.12 bits per heavy atom. The Hall–Kier alpha value is -0.740. The third-order valence-corrected chi connectivity index (χ3v) is 2.88. The van der Waals surface area contributed by atoms with Crippen LogP contribution in [0.25, 0.3) is 0 Å². The predicted octanol–water partition coefficient (Wildman–Crippen LogP) is 3.21. The summed E-state index contributed by atoms with van der Waals surface area (Å²) in [5.74, 6) is 2.31. The van der Waals surface area contributed by atoms with Crippen molar-refractivity contribution in [3.63, 3.8) is 0 Å². The molecule has 0 unspecified atom stereocenters. The first-order valence-corrected chi connectivity index (χ1v) is 6.49. The normalized spacial score (nSPS) is 10.7. The van der Waals surface area contributed by atoms with Gasteiger partial charge in [0.2, 0.25) is 0 Å². The van der Waals surface area contributed by atoms with E-state index in [2.05, 4.69) is 35.1 Å². The zero-order valence-corrected chi connectivity index (χ0v) is 12.4. The van der Waals surface area contributed by atoms with Crippen molar-refractivity contribution < 1.29 is 9.47 Å². The molecule has 0 fully saturated rings. The van der Waals surface area contributed by atoms with Gasteiger partial charge < -0.3 is 14.8 Å². The molecule has 0 aromatic heterocycles. The summed E-state index contributed by atoms with van der Waals surface area (Å²) in [7, 11) is 3.35. The molecule has 0 bridgehead atoms. The van der Waals surface area contributed by atoms with E-state index in [-0.39, 0.29) is 0 Å². The molecule has 0 heterocycles. The highest BCUT2D eigenvalue weighted by atomic mass is 79.9. The Bertz CT molecular complexity index is 341. The highest BCUT2D eigenvalue weighted by molar-refractivity contribution is 9.10. The maximum absolute atomic E-state index is 5.38. The number of nitrogens with one attached hydrogen (secondary N) is 1. The van der Waals surface area contributed by atoms with Gasteiger partial charge in [-0.3, -0.25) is 0 Å². The molecule has 0 aliphatic carbocycles. The van der Waals surface area contributed by atoms with Gasteiger partial charge in [-0.15, -0.1) is 0 Å². The van der Waals surface area contributed by atoms with Gasteiger partial charge in [0.15, 0.2) is 0 Å². The maximum atomic E-state index is 5.38. The van der Waals surface area contributed by atoms with E-state index in [0.717, 1.165) is 34.6 Å². The second kappa shape index (κ2) is 6.87. The molecular formula is C13H20BrNO2. The van der Waals surface area contributed by atoms with Crippen LogP contribution in [0.15, 0.2) is 16.6 Å². The van der Waals surface area contributed by atoms with E-state index in [1.165, 1.54) is 0 Å². The van der Waals surface area contributed by atoms with E-state index < -0.39 is 0 Å². The highest BCUT2D eigenvalue weighted by Crippen LogP contribution is 2.32. The summed E-state index contributed by atoms with van der Waals surface area (Å²) < 4.78 is 11.7. The SMILES string of the molecule is COc1cc(Br)cc(OC)c1CNCC(C)C. The lowest BCUT2D eigenvalue weighted by Gasteiger charge is -2.15. The van der Waals surface area contributed by atoms with E-state index >= 15 is 0 Å². The number of hydrogen-bond donors (Lipinski definition) is 1. The van der Waals surface area contributed by atoms with Gasteiger partial charge in [-0.1, -0.05) is 29.8 Å². The minimum Gasteiger partial charge on any atom is -0.496 e. The lowest BCUT2D eigenvalue weighted by atomic mass is 10.1. The summed E-state index contributed by atoms with van der Waals surface area (Å²) in [6.07, 6.45) is 0. The van der Waals surface area contributed by atoms with Crippen molar-refractivity contribution >= 4 is 15.9 Å². The number of hydrogen-bond acceptors (Lipinski definition) is 3. The van der Waals surface area contributed by atoms with Gasteiger partial charge in [0.05, 0.1) is 14.2 Å². The molecule has 0 aliphatic rings. The van der Waals surface area contributed by atoms with Gasteiger partial charge in [0, 0.05) is 16.6 Å². The quantitative estimate of drug-likeness (QED) is 0.875. The summed E-state index contributed by atoms with van der Waals surface area (Å²) in [6, 6.07) is 3.91. The molecular weight excluding hydrogens is 282 g/mol. The van der Waals surface area contributed by atoms with Gasteiger partial charge in [0.25, 0.3) is 0 Å². The van der Waals surface area contributed by atoms with E-state index in [1.54, 1.807) is 14.2 Å². The zero-order valence-electron chi connectivity index (χ0n) is 10.8. The monoisotopic (exact) mass is 301 g/mol. The summed E-state index contributed by atoms with van der Waals surface area (Å²) in [5, 5.41) is 3.39. The van der Waals surface area contributed by atoms with Crippen molar-refractivity contribution in [2.75, 3.05) is 20.8 Å². The van der Waals surface area contributed by atoms with Crippen LogP contribution in [0.4, 0.5) is 0 Å². The molecule has 1 aromatic carbocycles. The van der Waals surface area contributed by atoms with Crippen molar-refractivity contribution in [3.8, 4) is 11.5 Å². The van der Waals surface area contributed by atoms with Crippen LogP contribution in [0.5, 0.6) is 11.5 Å². The van der Waals surface area contributed by atoms with E-state index in [9.17, 15) is 0 Å². The molecule has 1 N–H and O–H groups in total. The third kappa shape index (κ3) is 4.21. The van der Waals surface area contributed by atoms with Crippen molar-refractivity contribution in [1.82, 2.24) is 5.32 Å². The standard InChI is InChI=1S/C13H20BrNO2/c1-9(2)7-15-8-11-12(16-3)5-10(14)6-13(11)17-4/h5-6,9,15H,7-8H2,1-4H3. The number of rotatable bonds is 6. The van der Waals surface area contributed by atoms with Crippen molar-refractivity contribution in [1.29, 1.82) is 0 Å². The van der Waals surface area contributed by atoms with E-state index in [0.29, 0.717) is 5.92 Å². The fourth-order valence-corrected chi connectivity index (χ4v) is 2.03. The third-order valence-electron chi connectivity index (χ3n) is 2.43. The fourth-order valence-electron chi connectivity index (χ4n) is 1.61.